The second-order valence-electron chi connectivity index (χ2n) is 8.14. The van der Waals surface area contributed by atoms with Gasteiger partial charge in [-0.3, -0.25) is 4.90 Å². The van der Waals surface area contributed by atoms with Crippen molar-refractivity contribution in [1.82, 2.24) is 4.90 Å². The number of aliphatic hydroxyl groups excluding tert-OH is 1. The van der Waals surface area contributed by atoms with Crippen LogP contribution in [0.25, 0.3) is 0 Å². The predicted octanol–water partition coefficient (Wildman–Crippen LogP) is 4.43. The third-order valence-electron chi connectivity index (χ3n) is 5.04. The van der Waals surface area contributed by atoms with Gasteiger partial charge in [0.1, 0.15) is 6.10 Å². The zero-order valence-corrected chi connectivity index (χ0v) is 18.7. The first kappa shape index (κ1) is 22.8. The molecule has 2 aromatic rings. The van der Waals surface area contributed by atoms with Crippen molar-refractivity contribution in [3.05, 3.63) is 70.2 Å². The topological polar surface area (TPSA) is 54.3 Å². The van der Waals surface area contributed by atoms with Gasteiger partial charge in [0.15, 0.2) is 0 Å². The molecule has 0 fully saturated rings. The molecule has 0 saturated heterocycles. The third kappa shape index (κ3) is 6.81. The Bertz CT molecular complexity index is 856. The Morgan fingerprint density at radius 2 is 2.03 bits per heavy atom. The number of halogens is 1. The van der Waals surface area contributed by atoms with Crippen molar-refractivity contribution >= 4 is 17.3 Å². The van der Waals surface area contributed by atoms with E-state index in [1.54, 1.807) is 0 Å². The van der Waals surface area contributed by atoms with Gasteiger partial charge in [0.25, 0.3) is 0 Å². The normalized spacial score (nSPS) is 17.3. The number of ether oxygens (including phenoxy) is 1. The molecule has 2 aromatic carbocycles. The Morgan fingerprint density at radius 3 is 2.77 bits per heavy atom. The van der Waals surface area contributed by atoms with Crippen molar-refractivity contribution in [1.29, 1.82) is 0 Å². The van der Waals surface area contributed by atoms with Gasteiger partial charge in [0.2, 0.25) is 0 Å². The standard InChI is InChI=1S/C24H31ClN2O3/c1-17(2)29-16-21(28)14-27(13-19-8-6-9-20(25)11-19)15-22-12-24(26-30-22)23-10-5-4-7-18(23)3/h4-11,17,21-22,28H,12-16H2,1-3H3/t21-,22-/m1/s1. The number of benzene rings is 2. The third-order valence-corrected chi connectivity index (χ3v) is 5.27. The fourth-order valence-electron chi connectivity index (χ4n) is 3.62. The van der Waals surface area contributed by atoms with Gasteiger partial charge in [-0.05, 0) is 44.0 Å². The summed E-state index contributed by atoms with van der Waals surface area (Å²) in [6.07, 6.45) is 0.196. The second-order valence-corrected chi connectivity index (χ2v) is 8.58. The van der Waals surface area contributed by atoms with Gasteiger partial charge in [-0.25, -0.2) is 0 Å². The van der Waals surface area contributed by atoms with Crippen LogP contribution in [0, 0.1) is 6.92 Å². The first-order valence-corrected chi connectivity index (χ1v) is 10.8. The highest BCUT2D eigenvalue weighted by Gasteiger charge is 2.26. The lowest BCUT2D eigenvalue weighted by atomic mass is 10.00. The van der Waals surface area contributed by atoms with E-state index < -0.39 is 6.10 Å². The van der Waals surface area contributed by atoms with Crippen molar-refractivity contribution in [2.75, 3.05) is 19.7 Å². The number of hydrogen-bond acceptors (Lipinski definition) is 5. The van der Waals surface area contributed by atoms with Crippen molar-refractivity contribution in [2.45, 2.75) is 52.0 Å². The van der Waals surface area contributed by atoms with E-state index >= 15 is 0 Å². The molecule has 5 nitrogen and oxygen atoms in total. The lowest BCUT2D eigenvalue weighted by molar-refractivity contribution is -0.0194. The molecule has 0 saturated carbocycles. The van der Waals surface area contributed by atoms with Crippen LogP contribution in [0.3, 0.4) is 0 Å². The first-order valence-electron chi connectivity index (χ1n) is 10.5. The molecule has 1 N–H and O–H groups in total. The van der Waals surface area contributed by atoms with Crippen LogP contribution in [0.1, 0.15) is 37.0 Å². The molecule has 0 radical (unpaired) electrons. The van der Waals surface area contributed by atoms with E-state index in [-0.39, 0.29) is 12.2 Å². The van der Waals surface area contributed by atoms with Gasteiger partial charge in [-0.1, -0.05) is 53.2 Å². The Hall–Kier alpha value is -1.92. The lowest BCUT2D eigenvalue weighted by Crippen LogP contribution is -2.39. The molecule has 162 valence electrons. The molecule has 30 heavy (non-hydrogen) atoms. The van der Waals surface area contributed by atoms with Crippen LogP contribution >= 0.6 is 11.6 Å². The summed E-state index contributed by atoms with van der Waals surface area (Å²) in [4.78, 5) is 7.94. The van der Waals surface area contributed by atoms with Gasteiger partial charge < -0.3 is 14.7 Å². The van der Waals surface area contributed by atoms with Crippen molar-refractivity contribution in [2.24, 2.45) is 5.16 Å². The molecule has 0 aliphatic carbocycles. The molecule has 0 aromatic heterocycles. The average Bonchev–Trinajstić information content (AvgIpc) is 3.15. The van der Waals surface area contributed by atoms with Gasteiger partial charge in [-0.2, -0.15) is 0 Å². The predicted molar refractivity (Wildman–Crippen MR) is 121 cm³/mol. The average molecular weight is 431 g/mol. The highest BCUT2D eigenvalue weighted by molar-refractivity contribution is 6.30. The van der Waals surface area contributed by atoms with E-state index in [1.165, 1.54) is 5.56 Å². The molecule has 1 aliphatic heterocycles. The minimum absolute atomic E-state index is 0.0583. The van der Waals surface area contributed by atoms with Crippen LogP contribution in [0.4, 0.5) is 0 Å². The molecule has 2 atom stereocenters. The van der Waals surface area contributed by atoms with E-state index in [2.05, 4.69) is 29.1 Å². The van der Waals surface area contributed by atoms with Crippen LogP contribution < -0.4 is 0 Å². The summed E-state index contributed by atoms with van der Waals surface area (Å²) in [5.41, 5.74) is 4.39. The van der Waals surface area contributed by atoms with E-state index in [1.807, 2.05) is 50.2 Å². The summed E-state index contributed by atoms with van der Waals surface area (Å²) in [7, 11) is 0. The van der Waals surface area contributed by atoms with Crippen LogP contribution in [0.2, 0.25) is 5.02 Å². The highest BCUT2D eigenvalue weighted by atomic mass is 35.5. The molecular weight excluding hydrogens is 400 g/mol. The van der Waals surface area contributed by atoms with E-state index in [9.17, 15) is 5.11 Å². The summed E-state index contributed by atoms with van der Waals surface area (Å²) in [5.74, 6) is 0. The minimum atomic E-state index is -0.579. The largest absolute Gasteiger partial charge is 0.390 e. The van der Waals surface area contributed by atoms with Crippen LogP contribution in [-0.4, -0.2) is 53.7 Å². The van der Waals surface area contributed by atoms with Gasteiger partial charge >= 0.3 is 0 Å². The van der Waals surface area contributed by atoms with Crippen molar-refractivity contribution in [3.8, 4) is 0 Å². The summed E-state index contributed by atoms with van der Waals surface area (Å²) < 4.78 is 5.58. The number of hydrogen-bond donors (Lipinski definition) is 1. The fraction of sp³-hybridized carbons (Fsp3) is 0.458. The second kappa shape index (κ2) is 10.9. The van der Waals surface area contributed by atoms with Gasteiger partial charge in [0.05, 0.1) is 24.5 Å². The zero-order chi connectivity index (χ0) is 21.5. The van der Waals surface area contributed by atoms with Crippen LogP contribution in [-0.2, 0) is 16.1 Å². The van der Waals surface area contributed by atoms with Crippen molar-refractivity contribution < 1.29 is 14.7 Å². The van der Waals surface area contributed by atoms with Crippen molar-refractivity contribution in [3.63, 3.8) is 0 Å². The maximum absolute atomic E-state index is 10.5. The summed E-state index contributed by atoms with van der Waals surface area (Å²) >= 11 is 6.16. The Morgan fingerprint density at radius 1 is 1.23 bits per heavy atom. The number of aliphatic hydroxyl groups is 1. The van der Waals surface area contributed by atoms with Gasteiger partial charge in [0, 0.05) is 36.6 Å². The smallest absolute Gasteiger partial charge is 0.145 e. The molecule has 1 aliphatic rings. The minimum Gasteiger partial charge on any atom is -0.390 e. The molecule has 3 rings (SSSR count). The van der Waals surface area contributed by atoms with E-state index in [0.717, 1.165) is 23.3 Å². The summed E-state index contributed by atoms with van der Waals surface area (Å²) in [6.45, 7) is 8.13. The Balaban J connectivity index is 1.64. The molecule has 0 spiro atoms. The molecule has 0 bridgehead atoms. The lowest BCUT2D eigenvalue weighted by Gasteiger charge is -2.27. The SMILES string of the molecule is Cc1ccccc1C1=NO[C@@H](CN(Cc2cccc(Cl)c2)C[C@@H](O)COC(C)C)C1. The maximum atomic E-state index is 10.5. The van der Waals surface area contributed by atoms with E-state index in [4.69, 9.17) is 21.2 Å². The number of nitrogens with zero attached hydrogens (tertiary/aromatic N) is 2. The number of oxime groups is 1. The van der Waals surface area contributed by atoms with Crippen LogP contribution in [0.5, 0.6) is 0 Å². The van der Waals surface area contributed by atoms with Crippen LogP contribution in [0.15, 0.2) is 53.7 Å². The number of aryl methyl sites for hydroxylation is 1. The Labute approximate surface area is 184 Å². The highest BCUT2D eigenvalue weighted by Crippen LogP contribution is 2.21. The number of rotatable bonds is 10. The Kier molecular flexibility index (Phi) is 8.28. The first-order chi connectivity index (χ1) is 14.4. The fourth-order valence-corrected chi connectivity index (χ4v) is 3.83. The molecule has 6 heteroatoms. The maximum Gasteiger partial charge on any atom is 0.145 e. The molecule has 1 heterocycles. The monoisotopic (exact) mass is 430 g/mol. The summed E-state index contributed by atoms with van der Waals surface area (Å²) in [6, 6.07) is 16.0. The molecule has 0 amide bonds. The quantitative estimate of drug-likeness (QED) is 0.605. The van der Waals surface area contributed by atoms with Gasteiger partial charge in [-0.15, -0.1) is 0 Å². The molecule has 0 unspecified atom stereocenters. The zero-order valence-electron chi connectivity index (χ0n) is 17.9. The molecular formula is C24H31ClN2O3. The van der Waals surface area contributed by atoms with E-state index in [0.29, 0.717) is 31.3 Å². The summed E-state index contributed by atoms with van der Waals surface area (Å²) in [5, 5.41) is 15.5.